The molecule has 0 fully saturated rings. The molecule has 78 valence electrons. The summed E-state index contributed by atoms with van der Waals surface area (Å²) in [4.78, 5) is 34.2. The third kappa shape index (κ3) is 1.23. The first-order valence-corrected chi connectivity index (χ1v) is 5.44. The topological polar surface area (TPSA) is 81.3 Å². The van der Waals surface area contributed by atoms with Crippen LogP contribution in [0.15, 0.2) is 19.5 Å². The lowest BCUT2D eigenvalue weighted by molar-refractivity contribution is 0.784. The van der Waals surface area contributed by atoms with E-state index in [2.05, 4.69) is 15.0 Å². The van der Waals surface area contributed by atoms with Crippen LogP contribution in [0.3, 0.4) is 0 Å². The highest BCUT2D eigenvalue weighted by atomic mass is 32.2. The Morgan fingerprint density at radius 2 is 2.20 bits per heavy atom. The van der Waals surface area contributed by atoms with Crippen molar-refractivity contribution in [3.05, 3.63) is 20.8 Å². The Labute approximate surface area is 88.4 Å². The molecule has 3 heterocycles. The first-order chi connectivity index (χ1) is 7.25. The number of aliphatic imine (C=N–C) groups is 1. The summed E-state index contributed by atoms with van der Waals surface area (Å²) in [5.74, 6) is 0.590. The summed E-state index contributed by atoms with van der Waals surface area (Å²) in [5, 5.41) is 0.809. The van der Waals surface area contributed by atoms with Gasteiger partial charge in [0.05, 0.1) is 0 Å². The van der Waals surface area contributed by atoms with Crippen molar-refractivity contribution >= 4 is 22.7 Å². The quantitative estimate of drug-likeness (QED) is 0.636. The largest absolute Gasteiger partial charge is 0.327 e. The highest BCUT2D eigenvalue weighted by molar-refractivity contribution is 8.14. The van der Waals surface area contributed by atoms with Gasteiger partial charge in [0, 0.05) is 13.1 Å². The second-order valence-corrected chi connectivity index (χ2v) is 4.34. The second-order valence-electron chi connectivity index (χ2n) is 3.36. The van der Waals surface area contributed by atoms with Crippen molar-refractivity contribution in [2.24, 2.45) is 4.99 Å². The molecule has 0 saturated carbocycles. The molecule has 15 heavy (non-hydrogen) atoms. The fourth-order valence-electron chi connectivity index (χ4n) is 1.72. The number of aromatic nitrogens is 2. The van der Waals surface area contributed by atoms with E-state index in [9.17, 15) is 9.59 Å². The molecule has 6 nitrogen and oxygen atoms in total. The smallest absolute Gasteiger partial charge is 0.306 e. The van der Waals surface area contributed by atoms with Gasteiger partial charge >= 0.3 is 5.69 Å². The van der Waals surface area contributed by atoms with Crippen LogP contribution in [0.2, 0.25) is 0 Å². The number of hydrogen-bond donors (Lipinski definition) is 2. The molecule has 0 bridgehead atoms. The van der Waals surface area contributed by atoms with Crippen molar-refractivity contribution in [2.45, 2.75) is 11.3 Å². The number of fused-ring (bicyclic) bond motifs is 3. The van der Waals surface area contributed by atoms with Crippen molar-refractivity contribution < 1.29 is 0 Å². The van der Waals surface area contributed by atoms with Crippen LogP contribution >= 0.6 is 11.8 Å². The molecule has 0 saturated heterocycles. The Kier molecular flexibility index (Phi) is 1.75. The lowest BCUT2D eigenvalue weighted by Crippen LogP contribution is -2.33. The van der Waals surface area contributed by atoms with Gasteiger partial charge in [-0.15, -0.1) is 0 Å². The number of aromatic amines is 2. The summed E-state index contributed by atoms with van der Waals surface area (Å²) in [6, 6.07) is 0. The average molecular weight is 224 g/mol. The predicted octanol–water partition coefficient (Wildman–Crippen LogP) is -0.265. The van der Waals surface area contributed by atoms with Crippen LogP contribution in [-0.4, -0.2) is 28.2 Å². The molecule has 0 unspecified atom stereocenters. The maximum absolute atomic E-state index is 11.5. The van der Waals surface area contributed by atoms with Crippen molar-refractivity contribution in [3.8, 4) is 0 Å². The van der Waals surface area contributed by atoms with Crippen LogP contribution in [-0.2, 0) is 0 Å². The Bertz CT molecular complexity index is 558. The first-order valence-electron chi connectivity index (χ1n) is 4.62. The Balaban J connectivity index is 2.25. The number of H-pyrrole nitrogens is 2. The van der Waals surface area contributed by atoms with Gasteiger partial charge in [-0.25, -0.2) is 4.79 Å². The molecular formula is C8H8N4O2S. The van der Waals surface area contributed by atoms with Gasteiger partial charge in [0.15, 0.2) is 5.17 Å². The summed E-state index contributed by atoms with van der Waals surface area (Å²) in [6.45, 7) is 1.59. The number of thioether (sulfide) groups is 1. The summed E-state index contributed by atoms with van der Waals surface area (Å²) in [5.41, 5.74) is -0.804. The van der Waals surface area contributed by atoms with Crippen LogP contribution in [0.4, 0.5) is 5.82 Å². The summed E-state index contributed by atoms with van der Waals surface area (Å²) in [7, 11) is 0. The number of nitrogens with one attached hydrogen (secondary N) is 2. The van der Waals surface area contributed by atoms with Gasteiger partial charge in [0.2, 0.25) is 0 Å². The molecule has 2 N–H and O–H groups in total. The molecule has 2 aliphatic heterocycles. The maximum Gasteiger partial charge on any atom is 0.327 e. The molecule has 0 amide bonds. The number of rotatable bonds is 0. The Morgan fingerprint density at radius 1 is 1.33 bits per heavy atom. The van der Waals surface area contributed by atoms with Crippen LogP contribution in [0, 0.1) is 0 Å². The van der Waals surface area contributed by atoms with E-state index in [1.165, 1.54) is 11.8 Å². The lowest BCUT2D eigenvalue weighted by atomic mass is 10.3. The van der Waals surface area contributed by atoms with E-state index >= 15 is 0 Å². The van der Waals surface area contributed by atoms with Crippen LogP contribution in [0.1, 0.15) is 6.42 Å². The number of amidine groups is 1. The number of hydrogen-bond acceptors (Lipinski definition) is 5. The van der Waals surface area contributed by atoms with Crippen molar-refractivity contribution in [2.75, 3.05) is 18.0 Å². The molecular weight excluding hydrogens is 216 g/mol. The molecule has 3 rings (SSSR count). The summed E-state index contributed by atoms with van der Waals surface area (Å²) >= 11 is 1.32. The highest BCUT2D eigenvalue weighted by Crippen LogP contribution is 2.36. The van der Waals surface area contributed by atoms with E-state index in [4.69, 9.17) is 0 Å². The van der Waals surface area contributed by atoms with E-state index < -0.39 is 5.69 Å². The fourth-order valence-corrected chi connectivity index (χ4v) is 2.75. The van der Waals surface area contributed by atoms with Crippen molar-refractivity contribution in [1.29, 1.82) is 0 Å². The molecule has 0 atom stereocenters. The summed E-state index contributed by atoms with van der Waals surface area (Å²) < 4.78 is 0. The SMILES string of the molecule is O=c1[nH]c2c(c(=O)[nH]1)SC1=NCCCN12. The minimum absolute atomic E-state index is 0.337. The second kappa shape index (κ2) is 2.99. The molecule has 0 aromatic carbocycles. The number of anilines is 1. The van der Waals surface area contributed by atoms with Gasteiger partial charge in [-0.2, -0.15) is 0 Å². The van der Waals surface area contributed by atoms with Crippen LogP contribution in [0.25, 0.3) is 0 Å². The Morgan fingerprint density at radius 3 is 3.07 bits per heavy atom. The highest BCUT2D eigenvalue weighted by Gasteiger charge is 2.31. The zero-order valence-electron chi connectivity index (χ0n) is 7.74. The third-order valence-corrected chi connectivity index (χ3v) is 3.48. The lowest BCUT2D eigenvalue weighted by Gasteiger charge is -2.21. The van der Waals surface area contributed by atoms with Gasteiger partial charge in [-0.1, -0.05) is 0 Å². The predicted molar refractivity (Wildman–Crippen MR) is 57.8 cm³/mol. The molecule has 2 aliphatic rings. The van der Waals surface area contributed by atoms with Crippen LogP contribution in [0.5, 0.6) is 0 Å². The van der Waals surface area contributed by atoms with Gasteiger partial charge in [0.1, 0.15) is 10.7 Å². The van der Waals surface area contributed by atoms with Gasteiger partial charge in [-0.3, -0.25) is 19.8 Å². The van der Waals surface area contributed by atoms with Gasteiger partial charge < -0.3 is 4.90 Å². The maximum atomic E-state index is 11.5. The van der Waals surface area contributed by atoms with Crippen molar-refractivity contribution in [1.82, 2.24) is 9.97 Å². The van der Waals surface area contributed by atoms with Crippen molar-refractivity contribution in [3.63, 3.8) is 0 Å². The van der Waals surface area contributed by atoms with E-state index in [0.717, 1.165) is 24.7 Å². The third-order valence-electron chi connectivity index (χ3n) is 2.36. The van der Waals surface area contributed by atoms with E-state index in [0.29, 0.717) is 10.7 Å². The molecule has 0 spiro atoms. The Hall–Kier alpha value is -1.50. The molecule has 0 aliphatic carbocycles. The zero-order valence-corrected chi connectivity index (χ0v) is 8.56. The van der Waals surface area contributed by atoms with E-state index in [1.807, 2.05) is 4.90 Å². The van der Waals surface area contributed by atoms with E-state index in [-0.39, 0.29) is 5.56 Å². The minimum atomic E-state index is -0.467. The fraction of sp³-hybridized carbons (Fsp3) is 0.375. The normalized spacial score (nSPS) is 18.4. The average Bonchev–Trinajstić information content (AvgIpc) is 2.57. The molecule has 7 heteroatoms. The minimum Gasteiger partial charge on any atom is -0.306 e. The summed E-state index contributed by atoms with van der Waals surface area (Å²) in [6.07, 6.45) is 0.943. The number of nitrogens with zero attached hydrogens (tertiary/aromatic N) is 2. The first kappa shape index (κ1) is 8.78. The molecule has 1 aromatic heterocycles. The van der Waals surface area contributed by atoms with Crippen LogP contribution < -0.4 is 16.1 Å². The monoisotopic (exact) mass is 224 g/mol. The van der Waals surface area contributed by atoms with Gasteiger partial charge in [-0.05, 0) is 18.2 Å². The zero-order chi connectivity index (χ0) is 10.4. The molecule has 1 aromatic rings. The van der Waals surface area contributed by atoms with E-state index in [1.54, 1.807) is 0 Å². The molecule has 0 radical (unpaired) electrons. The van der Waals surface area contributed by atoms with Gasteiger partial charge in [0.25, 0.3) is 5.56 Å². The standard InChI is InChI=1S/C8H8N4O2S/c13-6-4-5(10-7(14)11-6)12-3-1-2-9-8(12)15-4/h1-3H2,(H2,10,11,13,14).